The van der Waals surface area contributed by atoms with Crippen LogP contribution in [0.4, 0.5) is 5.69 Å². The Morgan fingerprint density at radius 2 is 1.72 bits per heavy atom. The van der Waals surface area contributed by atoms with Gasteiger partial charge in [0.1, 0.15) is 13.2 Å². The van der Waals surface area contributed by atoms with E-state index in [0.29, 0.717) is 43.2 Å². The highest BCUT2D eigenvalue weighted by atomic mass is 16.6. The van der Waals surface area contributed by atoms with E-state index in [1.807, 2.05) is 61.0 Å². The van der Waals surface area contributed by atoms with Gasteiger partial charge in [-0.3, -0.25) is 9.59 Å². The van der Waals surface area contributed by atoms with Gasteiger partial charge < -0.3 is 19.7 Å². The Morgan fingerprint density at radius 1 is 1.00 bits per heavy atom. The number of likely N-dealkylation sites (tertiary alicyclic amines) is 1. The molecule has 1 saturated heterocycles. The van der Waals surface area contributed by atoms with Crippen molar-refractivity contribution < 1.29 is 19.1 Å². The molecule has 0 bridgehead atoms. The minimum absolute atomic E-state index is 0.00763. The topological polar surface area (TPSA) is 85.7 Å². The third kappa shape index (κ3) is 5.14. The number of benzene rings is 2. The number of anilines is 1. The van der Waals surface area contributed by atoms with E-state index >= 15 is 0 Å². The summed E-state index contributed by atoms with van der Waals surface area (Å²) in [7, 11) is 0. The Morgan fingerprint density at radius 3 is 2.47 bits per heavy atom. The summed E-state index contributed by atoms with van der Waals surface area (Å²) >= 11 is 0. The van der Waals surface area contributed by atoms with E-state index in [1.165, 1.54) is 0 Å². The van der Waals surface area contributed by atoms with Gasteiger partial charge in [-0.15, -0.1) is 0 Å². The number of aryl methyl sites for hydroxylation is 1. The van der Waals surface area contributed by atoms with E-state index in [4.69, 9.17) is 9.47 Å². The molecule has 0 saturated carbocycles. The SMILES string of the molecule is Cc1nn(-c2ccccc2)c(C)c1NC(=O)CCN1CCC(C(=O)c2ccc3c(c2)OCCO3)CC1. The maximum absolute atomic E-state index is 13.0. The molecule has 0 aliphatic carbocycles. The fraction of sp³-hybridized carbons (Fsp3) is 0.393. The van der Waals surface area contributed by atoms with Gasteiger partial charge in [-0.25, -0.2) is 4.68 Å². The number of ketones is 1. The lowest BCUT2D eigenvalue weighted by Crippen LogP contribution is -2.38. The predicted molar refractivity (Wildman–Crippen MR) is 137 cm³/mol. The Labute approximate surface area is 211 Å². The van der Waals surface area contributed by atoms with Crippen LogP contribution in [0.15, 0.2) is 48.5 Å². The van der Waals surface area contributed by atoms with Crippen molar-refractivity contribution in [3.63, 3.8) is 0 Å². The molecule has 1 fully saturated rings. The first-order valence-corrected chi connectivity index (χ1v) is 12.6. The average molecular weight is 489 g/mol. The molecule has 0 radical (unpaired) electrons. The molecular formula is C28H32N4O4. The van der Waals surface area contributed by atoms with Crippen LogP contribution in [0.2, 0.25) is 0 Å². The molecule has 188 valence electrons. The predicted octanol–water partition coefficient (Wildman–Crippen LogP) is 4.18. The van der Waals surface area contributed by atoms with Crippen molar-refractivity contribution in [2.75, 3.05) is 38.2 Å². The number of ether oxygens (including phenoxy) is 2. The van der Waals surface area contributed by atoms with Crippen LogP contribution in [0.25, 0.3) is 5.69 Å². The van der Waals surface area contributed by atoms with E-state index in [9.17, 15) is 9.59 Å². The van der Waals surface area contributed by atoms with Gasteiger partial charge in [0.15, 0.2) is 17.3 Å². The molecule has 0 atom stereocenters. The summed E-state index contributed by atoms with van der Waals surface area (Å²) in [4.78, 5) is 28.0. The van der Waals surface area contributed by atoms with Crippen LogP contribution >= 0.6 is 0 Å². The van der Waals surface area contributed by atoms with Gasteiger partial charge in [0, 0.05) is 24.4 Å². The van der Waals surface area contributed by atoms with Gasteiger partial charge in [-0.2, -0.15) is 5.10 Å². The van der Waals surface area contributed by atoms with Crippen molar-refractivity contribution >= 4 is 17.4 Å². The van der Waals surface area contributed by atoms with E-state index in [0.717, 1.165) is 48.7 Å². The van der Waals surface area contributed by atoms with Gasteiger partial charge in [-0.1, -0.05) is 18.2 Å². The number of para-hydroxylation sites is 1. The number of aromatic nitrogens is 2. The lowest BCUT2D eigenvalue weighted by atomic mass is 9.88. The maximum atomic E-state index is 13.0. The van der Waals surface area contributed by atoms with Gasteiger partial charge in [0.2, 0.25) is 5.91 Å². The normalized spacial score (nSPS) is 16.1. The number of fused-ring (bicyclic) bond motifs is 1. The summed E-state index contributed by atoms with van der Waals surface area (Å²) in [6.45, 7) is 7.19. The first-order chi connectivity index (χ1) is 17.5. The first kappa shape index (κ1) is 24.1. The lowest BCUT2D eigenvalue weighted by molar-refractivity contribution is -0.116. The summed E-state index contributed by atoms with van der Waals surface area (Å²) in [6.07, 6.45) is 1.98. The molecule has 2 aromatic carbocycles. The number of rotatable bonds is 7. The molecule has 8 nitrogen and oxygen atoms in total. The number of nitrogens with zero attached hydrogens (tertiary/aromatic N) is 3. The van der Waals surface area contributed by atoms with Gasteiger partial charge in [0.05, 0.1) is 22.8 Å². The summed E-state index contributed by atoms with van der Waals surface area (Å²) < 4.78 is 13.0. The first-order valence-electron chi connectivity index (χ1n) is 12.6. The number of hydrogen-bond donors (Lipinski definition) is 1. The molecule has 3 heterocycles. The van der Waals surface area contributed by atoms with Crippen LogP contribution in [0.5, 0.6) is 11.5 Å². The molecule has 1 amide bonds. The number of piperidine rings is 1. The van der Waals surface area contributed by atoms with Crippen LogP contribution in [-0.2, 0) is 4.79 Å². The molecule has 2 aliphatic heterocycles. The number of hydrogen-bond acceptors (Lipinski definition) is 6. The third-order valence-electron chi connectivity index (χ3n) is 7.00. The molecule has 5 rings (SSSR count). The van der Waals surface area contributed by atoms with E-state index < -0.39 is 0 Å². The van der Waals surface area contributed by atoms with Crippen molar-refractivity contribution in [2.45, 2.75) is 33.1 Å². The van der Waals surface area contributed by atoms with Crippen molar-refractivity contribution in [1.29, 1.82) is 0 Å². The number of carbonyl (C=O) groups excluding carboxylic acids is 2. The number of Topliss-reactive ketones (excluding diaryl/α,β-unsaturated/α-hetero) is 1. The molecular weight excluding hydrogens is 456 g/mol. The molecule has 8 heteroatoms. The number of nitrogens with one attached hydrogen (secondary N) is 1. The zero-order valence-corrected chi connectivity index (χ0v) is 20.8. The van der Waals surface area contributed by atoms with Crippen molar-refractivity contribution in [3.05, 3.63) is 65.5 Å². The zero-order chi connectivity index (χ0) is 25.1. The second-order valence-electron chi connectivity index (χ2n) is 9.43. The van der Waals surface area contributed by atoms with Gasteiger partial charge >= 0.3 is 0 Å². The van der Waals surface area contributed by atoms with E-state index in [2.05, 4.69) is 15.3 Å². The largest absolute Gasteiger partial charge is 0.486 e. The Hall–Kier alpha value is -3.65. The molecule has 0 unspecified atom stereocenters. The highest BCUT2D eigenvalue weighted by Gasteiger charge is 2.27. The third-order valence-corrected chi connectivity index (χ3v) is 7.00. The molecule has 36 heavy (non-hydrogen) atoms. The fourth-order valence-electron chi connectivity index (χ4n) is 4.96. The summed E-state index contributed by atoms with van der Waals surface area (Å²) in [5, 5.41) is 7.66. The molecule has 2 aliphatic rings. The van der Waals surface area contributed by atoms with Gasteiger partial charge in [0.25, 0.3) is 0 Å². The van der Waals surface area contributed by atoms with Gasteiger partial charge in [-0.05, 0) is 70.1 Å². The lowest BCUT2D eigenvalue weighted by Gasteiger charge is -2.31. The van der Waals surface area contributed by atoms with Crippen LogP contribution in [-0.4, -0.2) is 59.2 Å². The summed E-state index contributed by atoms with van der Waals surface area (Å²) in [5.41, 5.74) is 4.12. The second-order valence-corrected chi connectivity index (χ2v) is 9.43. The summed E-state index contributed by atoms with van der Waals surface area (Å²) in [6, 6.07) is 15.3. The molecule has 1 N–H and O–H groups in total. The van der Waals surface area contributed by atoms with Crippen LogP contribution in [0.1, 0.15) is 41.0 Å². The highest BCUT2D eigenvalue weighted by Crippen LogP contribution is 2.32. The smallest absolute Gasteiger partial charge is 0.225 e. The fourth-order valence-corrected chi connectivity index (χ4v) is 4.96. The standard InChI is InChI=1S/C28H32N4O4/c1-19-27(20(2)32(30-19)23-6-4-3-5-7-23)29-26(33)12-15-31-13-10-21(11-14-31)28(34)22-8-9-24-25(18-22)36-17-16-35-24/h3-9,18,21H,10-17H2,1-2H3,(H,29,33). The van der Waals surface area contributed by atoms with Crippen molar-refractivity contribution in [2.24, 2.45) is 5.92 Å². The van der Waals surface area contributed by atoms with Crippen molar-refractivity contribution in [3.8, 4) is 17.2 Å². The molecule has 1 aromatic heterocycles. The molecule has 3 aromatic rings. The quantitative estimate of drug-likeness (QED) is 0.502. The zero-order valence-electron chi connectivity index (χ0n) is 20.8. The monoisotopic (exact) mass is 488 g/mol. The maximum Gasteiger partial charge on any atom is 0.225 e. The average Bonchev–Trinajstić information content (AvgIpc) is 3.20. The Bertz CT molecular complexity index is 1250. The van der Waals surface area contributed by atoms with Crippen LogP contribution in [0, 0.1) is 19.8 Å². The number of carbonyl (C=O) groups is 2. The van der Waals surface area contributed by atoms with Crippen molar-refractivity contribution in [1.82, 2.24) is 14.7 Å². The second kappa shape index (κ2) is 10.5. The van der Waals surface area contributed by atoms with E-state index in [-0.39, 0.29) is 17.6 Å². The highest BCUT2D eigenvalue weighted by molar-refractivity contribution is 5.98. The number of amides is 1. The van der Waals surface area contributed by atoms with Crippen LogP contribution in [0.3, 0.4) is 0 Å². The Balaban J connectivity index is 1.11. The van der Waals surface area contributed by atoms with E-state index in [1.54, 1.807) is 6.07 Å². The Kier molecular flexibility index (Phi) is 7.04. The minimum Gasteiger partial charge on any atom is -0.486 e. The summed E-state index contributed by atoms with van der Waals surface area (Å²) in [5.74, 6) is 1.47. The molecule has 0 spiro atoms. The van der Waals surface area contributed by atoms with Crippen LogP contribution < -0.4 is 14.8 Å². The minimum atomic E-state index is -0.0247.